The Hall–Kier alpha value is -3.08. The minimum absolute atomic E-state index is 0.105. The van der Waals surface area contributed by atoms with Crippen LogP contribution in [0.2, 0.25) is 0 Å². The molecule has 166 valence electrons. The highest BCUT2D eigenvalue weighted by molar-refractivity contribution is 7.90. The van der Waals surface area contributed by atoms with Gasteiger partial charge in [-0.05, 0) is 38.0 Å². The first-order valence-electron chi connectivity index (χ1n) is 10.3. The quantitative estimate of drug-likeness (QED) is 0.673. The Morgan fingerprint density at radius 1 is 1.26 bits per heavy atom. The van der Waals surface area contributed by atoms with Crippen LogP contribution in [0.1, 0.15) is 32.6 Å². The lowest BCUT2D eigenvalue weighted by Crippen LogP contribution is -2.59. The largest absolute Gasteiger partial charge is 0.397 e. The van der Waals surface area contributed by atoms with E-state index in [1.54, 1.807) is 29.2 Å². The van der Waals surface area contributed by atoms with Crippen LogP contribution in [0.5, 0.6) is 0 Å². The van der Waals surface area contributed by atoms with Crippen molar-refractivity contribution in [2.24, 2.45) is 0 Å². The van der Waals surface area contributed by atoms with Crippen LogP contribution in [0.3, 0.4) is 0 Å². The molecule has 0 unspecified atom stereocenters. The van der Waals surface area contributed by atoms with Gasteiger partial charge < -0.3 is 11.1 Å². The van der Waals surface area contributed by atoms with Gasteiger partial charge >= 0.3 is 6.03 Å². The number of carbonyl (C=O) groups excluding carboxylic acids is 1. The predicted molar refractivity (Wildman–Crippen MR) is 120 cm³/mol. The van der Waals surface area contributed by atoms with E-state index in [-0.39, 0.29) is 22.7 Å². The van der Waals surface area contributed by atoms with Gasteiger partial charge in [0.1, 0.15) is 5.69 Å². The summed E-state index contributed by atoms with van der Waals surface area (Å²) >= 11 is 0. The van der Waals surface area contributed by atoms with E-state index >= 15 is 0 Å². The highest BCUT2D eigenvalue weighted by atomic mass is 32.2. The summed E-state index contributed by atoms with van der Waals surface area (Å²) in [6.45, 7) is 2.48. The lowest BCUT2D eigenvalue weighted by molar-refractivity contribution is 0.191. The molecule has 1 aliphatic carbocycles. The smallest absolute Gasteiger partial charge is 0.343 e. The van der Waals surface area contributed by atoms with E-state index in [2.05, 4.69) is 10.3 Å². The molecule has 31 heavy (non-hydrogen) atoms. The van der Waals surface area contributed by atoms with Crippen molar-refractivity contribution in [2.75, 3.05) is 40.8 Å². The molecular weight excluding hydrogens is 418 g/mol. The van der Waals surface area contributed by atoms with Crippen LogP contribution in [0.25, 0.3) is 0 Å². The Labute approximate surface area is 181 Å². The Balaban J connectivity index is 1.71. The first-order chi connectivity index (χ1) is 14.7. The SMILES string of the molecule is CCN1C(=O)N(C)c2cnc(Nc3ccc(S(C)(=O)=O)cc3N)nc2N1C1CCCC1. The molecule has 1 fully saturated rings. The van der Waals surface area contributed by atoms with Crippen LogP contribution in [0, 0.1) is 0 Å². The molecule has 11 heteroatoms. The second-order valence-electron chi connectivity index (χ2n) is 7.89. The fraction of sp³-hybridized carbons (Fsp3) is 0.450. The maximum atomic E-state index is 12.9. The minimum Gasteiger partial charge on any atom is -0.397 e. The van der Waals surface area contributed by atoms with Gasteiger partial charge in [0.2, 0.25) is 5.95 Å². The third-order valence-corrected chi connectivity index (χ3v) is 6.87. The Kier molecular flexibility index (Phi) is 5.38. The number of hydrogen-bond acceptors (Lipinski definition) is 8. The van der Waals surface area contributed by atoms with E-state index in [4.69, 9.17) is 10.7 Å². The second kappa shape index (κ2) is 7.88. The van der Waals surface area contributed by atoms with Crippen LogP contribution in [-0.2, 0) is 9.84 Å². The fourth-order valence-electron chi connectivity index (χ4n) is 4.13. The average Bonchev–Trinajstić information content (AvgIpc) is 3.25. The number of amides is 2. The zero-order valence-electron chi connectivity index (χ0n) is 17.9. The highest BCUT2D eigenvalue weighted by Crippen LogP contribution is 2.39. The predicted octanol–water partition coefficient (Wildman–Crippen LogP) is 2.76. The molecule has 2 amide bonds. The number of hydrogen-bond donors (Lipinski definition) is 2. The highest BCUT2D eigenvalue weighted by Gasteiger charge is 2.39. The zero-order chi connectivity index (χ0) is 22.3. The topological polar surface area (TPSA) is 125 Å². The van der Waals surface area contributed by atoms with Gasteiger partial charge in [-0.15, -0.1) is 0 Å². The number of nitrogens with one attached hydrogen (secondary N) is 1. The molecule has 4 rings (SSSR count). The average molecular weight is 446 g/mol. The molecule has 0 atom stereocenters. The Morgan fingerprint density at radius 3 is 2.58 bits per heavy atom. The van der Waals surface area contributed by atoms with E-state index in [1.165, 1.54) is 12.1 Å². The monoisotopic (exact) mass is 445 g/mol. The van der Waals surface area contributed by atoms with Gasteiger partial charge in [-0.25, -0.2) is 23.2 Å². The van der Waals surface area contributed by atoms with Crippen LogP contribution >= 0.6 is 0 Å². The molecule has 1 aromatic heterocycles. The summed E-state index contributed by atoms with van der Waals surface area (Å²) in [5, 5.41) is 6.81. The summed E-state index contributed by atoms with van der Waals surface area (Å²) in [4.78, 5) is 23.7. The number of nitrogens with zero attached hydrogens (tertiary/aromatic N) is 5. The zero-order valence-corrected chi connectivity index (χ0v) is 18.7. The Bertz CT molecular complexity index is 1120. The van der Waals surface area contributed by atoms with Crippen molar-refractivity contribution in [3.63, 3.8) is 0 Å². The molecule has 1 aliphatic heterocycles. The lowest BCUT2D eigenvalue weighted by Gasteiger charge is -2.45. The maximum absolute atomic E-state index is 12.9. The number of fused-ring (bicyclic) bond motifs is 1. The van der Waals surface area contributed by atoms with E-state index < -0.39 is 9.84 Å². The summed E-state index contributed by atoms with van der Waals surface area (Å²) < 4.78 is 23.5. The van der Waals surface area contributed by atoms with Gasteiger partial charge in [0, 0.05) is 19.8 Å². The first-order valence-corrected chi connectivity index (χ1v) is 12.2. The maximum Gasteiger partial charge on any atom is 0.343 e. The molecule has 1 aromatic carbocycles. The van der Waals surface area contributed by atoms with E-state index in [0.29, 0.717) is 29.7 Å². The molecule has 2 aromatic rings. The second-order valence-corrected chi connectivity index (χ2v) is 9.90. The van der Waals surface area contributed by atoms with Crippen molar-refractivity contribution in [3.8, 4) is 0 Å². The Morgan fingerprint density at radius 2 is 1.97 bits per heavy atom. The molecule has 0 spiro atoms. The number of aromatic nitrogens is 2. The first kappa shape index (κ1) is 21.2. The van der Waals surface area contributed by atoms with Crippen LogP contribution in [0.15, 0.2) is 29.3 Å². The molecule has 1 saturated carbocycles. The van der Waals surface area contributed by atoms with E-state index in [9.17, 15) is 13.2 Å². The number of nitrogens with two attached hydrogens (primary N) is 1. The van der Waals surface area contributed by atoms with Crippen LogP contribution in [0.4, 0.5) is 33.6 Å². The van der Waals surface area contributed by atoms with Gasteiger partial charge in [-0.2, -0.15) is 4.98 Å². The molecular formula is C20H27N7O3S. The fourth-order valence-corrected chi connectivity index (χ4v) is 4.78. The van der Waals surface area contributed by atoms with Crippen molar-refractivity contribution < 1.29 is 13.2 Å². The van der Waals surface area contributed by atoms with Gasteiger partial charge in [-0.1, -0.05) is 12.8 Å². The molecule has 0 saturated heterocycles. The number of sulfone groups is 1. The normalized spacial score (nSPS) is 17.3. The van der Waals surface area contributed by atoms with Gasteiger partial charge in [-0.3, -0.25) is 9.91 Å². The number of hydrazine groups is 1. The molecule has 0 radical (unpaired) electrons. The number of carbonyl (C=O) groups is 1. The number of anilines is 5. The summed E-state index contributed by atoms with van der Waals surface area (Å²) in [5.41, 5.74) is 7.49. The molecule has 0 bridgehead atoms. The molecule has 2 aliphatic rings. The molecule has 2 heterocycles. The summed E-state index contributed by atoms with van der Waals surface area (Å²) in [7, 11) is -1.64. The third-order valence-electron chi connectivity index (χ3n) is 5.76. The minimum atomic E-state index is -3.35. The molecule has 10 nitrogen and oxygen atoms in total. The number of rotatable bonds is 5. The standard InChI is InChI=1S/C20H27N7O3S/c1-4-26-20(28)25(2)17-12-22-19(24-18(17)27(26)13-7-5-6-8-13)23-16-10-9-14(11-15(16)21)31(3,29)30/h9-13H,4-8,21H2,1-3H3,(H,22,23,24). The van der Waals surface area contributed by atoms with Gasteiger partial charge in [0.15, 0.2) is 15.7 Å². The van der Waals surface area contributed by atoms with Crippen LogP contribution < -0.4 is 21.0 Å². The summed E-state index contributed by atoms with van der Waals surface area (Å²) in [5.74, 6) is 0.985. The molecule has 3 N–H and O–H groups in total. The van der Waals surface area contributed by atoms with Gasteiger partial charge in [0.25, 0.3) is 0 Å². The van der Waals surface area contributed by atoms with Crippen molar-refractivity contribution in [1.29, 1.82) is 0 Å². The summed E-state index contributed by atoms with van der Waals surface area (Å²) in [6.07, 6.45) is 7.00. The van der Waals surface area contributed by atoms with Crippen molar-refractivity contribution in [1.82, 2.24) is 15.0 Å². The van der Waals surface area contributed by atoms with Crippen LogP contribution in [-0.4, -0.2) is 55.3 Å². The number of nitrogen functional groups attached to an aromatic ring is 1. The van der Waals surface area contributed by atoms with E-state index in [0.717, 1.165) is 31.9 Å². The van der Waals surface area contributed by atoms with Gasteiger partial charge in [0.05, 0.1) is 28.5 Å². The van der Waals surface area contributed by atoms with E-state index in [1.807, 2.05) is 11.9 Å². The third kappa shape index (κ3) is 3.85. The van der Waals surface area contributed by atoms with Crippen molar-refractivity contribution in [3.05, 3.63) is 24.4 Å². The summed E-state index contributed by atoms with van der Waals surface area (Å²) in [6, 6.07) is 4.59. The number of benzene rings is 1. The van der Waals surface area contributed by atoms with Crippen molar-refractivity contribution in [2.45, 2.75) is 43.5 Å². The number of urea groups is 1. The van der Waals surface area contributed by atoms with Crippen molar-refractivity contribution >= 4 is 44.7 Å². The lowest BCUT2D eigenvalue weighted by atomic mass is 10.2.